The van der Waals surface area contributed by atoms with Crippen molar-refractivity contribution in [2.24, 2.45) is 0 Å². The van der Waals surface area contributed by atoms with Crippen LogP contribution in [0.15, 0.2) is 29.1 Å². The van der Waals surface area contributed by atoms with Crippen molar-refractivity contribution in [1.82, 2.24) is 15.3 Å². The minimum Gasteiger partial charge on any atom is -0.497 e. The van der Waals surface area contributed by atoms with Crippen LogP contribution in [0.4, 0.5) is 11.6 Å². The third-order valence-electron chi connectivity index (χ3n) is 4.20. The monoisotopic (exact) mass is 371 g/mol. The molecule has 0 radical (unpaired) electrons. The average Bonchev–Trinajstić information content (AvgIpc) is 2.63. The van der Waals surface area contributed by atoms with Gasteiger partial charge in [0.1, 0.15) is 5.75 Å². The van der Waals surface area contributed by atoms with Crippen LogP contribution in [0.3, 0.4) is 0 Å². The number of H-pyrrole nitrogens is 1. The van der Waals surface area contributed by atoms with E-state index in [0.717, 1.165) is 5.56 Å². The van der Waals surface area contributed by atoms with E-state index in [9.17, 15) is 14.4 Å². The van der Waals surface area contributed by atoms with Crippen LogP contribution < -0.4 is 26.2 Å². The minimum atomic E-state index is -0.583. The Bertz CT molecular complexity index is 924. The molecule has 0 saturated carbocycles. The fraction of sp³-hybridized carbons (Fsp3) is 0.333. The molecular weight excluding hydrogens is 350 g/mol. The van der Waals surface area contributed by atoms with E-state index in [2.05, 4.69) is 25.9 Å². The Morgan fingerprint density at radius 1 is 1.30 bits per heavy atom. The van der Waals surface area contributed by atoms with Gasteiger partial charge in [0.25, 0.3) is 5.56 Å². The van der Waals surface area contributed by atoms with Gasteiger partial charge in [-0.2, -0.15) is 0 Å². The van der Waals surface area contributed by atoms with Gasteiger partial charge in [-0.15, -0.1) is 0 Å². The summed E-state index contributed by atoms with van der Waals surface area (Å²) in [6, 6.07) is 6.62. The number of carbonyl (C=O) groups excluding carboxylic acids is 2. The summed E-state index contributed by atoms with van der Waals surface area (Å²) in [5, 5.41) is 8.53. The number of methoxy groups -OCH3 is 1. The molecule has 1 aromatic heterocycles. The Morgan fingerprint density at radius 3 is 2.85 bits per heavy atom. The van der Waals surface area contributed by atoms with Gasteiger partial charge in [0, 0.05) is 37.0 Å². The minimum absolute atomic E-state index is 0.0756. The van der Waals surface area contributed by atoms with E-state index in [-0.39, 0.29) is 23.8 Å². The zero-order chi connectivity index (χ0) is 19.4. The van der Waals surface area contributed by atoms with E-state index in [4.69, 9.17) is 4.74 Å². The van der Waals surface area contributed by atoms with Gasteiger partial charge in [0.05, 0.1) is 13.0 Å². The molecule has 4 N–H and O–H groups in total. The lowest BCUT2D eigenvalue weighted by Gasteiger charge is -2.25. The summed E-state index contributed by atoms with van der Waals surface area (Å²) in [7, 11) is 1.55. The summed E-state index contributed by atoms with van der Waals surface area (Å²) in [6.45, 7) is 2.41. The lowest BCUT2D eigenvalue weighted by atomic mass is 9.89. The van der Waals surface area contributed by atoms with Gasteiger partial charge in [-0.05, 0) is 30.7 Å². The Balaban J connectivity index is 1.61. The van der Waals surface area contributed by atoms with E-state index in [1.807, 2.05) is 0 Å². The molecular formula is C18H21N5O4. The first kappa shape index (κ1) is 18.4. The molecule has 0 spiro atoms. The van der Waals surface area contributed by atoms with E-state index in [1.165, 1.54) is 6.07 Å². The Kier molecular flexibility index (Phi) is 5.39. The summed E-state index contributed by atoms with van der Waals surface area (Å²) < 4.78 is 5.21. The first-order chi connectivity index (χ1) is 13.0. The number of ether oxygens (including phenoxy) is 1. The van der Waals surface area contributed by atoms with Crippen molar-refractivity contribution in [2.75, 3.05) is 30.8 Å². The van der Waals surface area contributed by atoms with Crippen LogP contribution in [0.2, 0.25) is 0 Å². The Morgan fingerprint density at radius 2 is 2.11 bits per heavy atom. The molecule has 2 amide bonds. The highest BCUT2D eigenvalue weighted by molar-refractivity contribution is 6.01. The number of nitrogens with zero attached hydrogens (tertiary/aromatic N) is 1. The quantitative estimate of drug-likeness (QED) is 0.555. The number of anilines is 2. The molecule has 0 unspecified atom stereocenters. The summed E-state index contributed by atoms with van der Waals surface area (Å²) in [4.78, 5) is 42.6. The van der Waals surface area contributed by atoms with Gasteiger partial charge in [0.15, 0.2) is 0 Å². The Hall–Kier alpha value is -3.36. The van der Waals surface area contributed by atoms with Crippen molar-refractivity contribution < 1.29 is 14.3 Å². The van der Waals surface area contributed by atoms with Gasteiger partial charge in [-0.25, -0.2) is 4.98 Å². The van der Waals surface area contributed by atoms with Crippen LogP contribution in [0.5, 0.6) is 5.75 Å². The number of aromatic amines is 1. The van der Waals surface area contributed by atoms with E-state index >= 15 is 0 Å². The topological polar surface area (TPSA) is 125 Å². The zero-order valence-corrected chi connectivity index (χ0v) is 15.1. The first-order valence-corrected chi connectivity index (χ1v) is 8.53. The number of hydrogen-bond acceptors (Lipinski definition) is 6. The second-order valence-corrected chi connectivity index (χ2v) is 6.21. The smallest absolute Gasteiger partial charge is 0.252 e. The fourth-order valence-electron chi connectivity index (χ4n) is 2.95. The standard InChI is InChI=1S/C18H21N5O4/c1-10-7-15(24)23-18(21-10)20-6-5-19-17(26)13-9-16(25)22-14-4-3-11(27-2)8-12(13)14/h3-4,7-8,13H,5-6,9H2,1-2H3,(H,19,26)(H,22,25)(H2,20,21,23,24)/t13-/m0/s1. The molecule has 1 aliphatic heterocycles. The van der Waals surface area contributed by atoms with E-state index < -0.39 is 5.92 Å². The van der Waals surface area contributed by atoms with Gasteiger partial charge >= 0.3 is 0 Å². The molecule has 0 bridgehead atoms. The third kappa shape index (κ3) is 4.43. The Labute approximate surface area is 155 Å². The van der Waals surface area contributed by atoms with Crippen molar-refractivity contribution in [3.05, 3.63) is 45.9 Å². The number of aromatic nitrogens is 2. The SMILES string of the molecule is COc1ccc2c(c1)[C@@H](C(=O)NCCNc1nc(C)cc(=O)[nH]1)CC(=O)N2. The van der Waals surface area contributed by atoms with Crippen molar-refractivity contribution in [3.63, 3.8) is 0 Å². The van der Waals surface area contributed by atoms with Crippen molar-refractivity contribution in [1.29, 1.82) is 0 Å². The molecule has 9 nitrogen and oxygen atoms in total. The highest BCUT2D eigenvalue weighted by Gasteiger charge is 2.30. The number of rotatable bonds is 6. The molecule has 1 aromatic carbocycles. The normalized spacial score (nSPS) is 15.5. The maximum absolute atomic E-state index is 12.6. The lowest BCUT2D eigenvalue weighted by molar-refractivity contribution is -0.126. The van der Waals surface area contributed by atoms with Crippen LogP contribution in [-0.4, -0.2) is 42.0 Å². The molecule has 9 heteroatoms. The molecule has 0 saturated heterocycles. The van der Waals surface area contributed by atoms with Crippen molar-refractivity contribution >= 4 is 23.5 Å². The zero-order valence-electron chi connectivity index (χ0n) is 15.1. The predicted molar refractivity (Wildman–Crippen MR) is 100 cm³/mol. The number of aryl methyl sites for hydroxylation is 1. The first-order valence-electron chi connectivity index (χ1n) is 8.53. The fourth-order valence-corrected chi connectivity index (χ4v) is 2.95. The highest BCUT2D eigenvalue weighted by atomic mass is 16.5. The largest absolute Gasteiger partial charge is 0.497 e. The average molecular weight is 371 g/mol. The van der Waals surface area contributed by atoms with Gasteiger partial charge in [-0.1, -0.05) is 0 Å². The molecule has 1 aliphatic rings. The number of carbonyl (C=O) groups is 2. The van der Waals surface area contributed by atoms with E-state index in [0.29, 0.717) is 36.2 Å². The van der Waals surface area contributed by atoms with E-state index in [1.54, 1.807) is 32.2 Å². The molecule has 27 heavy (non-hydrogen) atoms. The van der Waals surface area contributed by atoms with Crippen molar-refractivity contribution in [2.45, 2.75) is 19.3 Å². The highest BCUT2D eigenvalue weighted by Crippen LogP contribution is 2.34. The summed E-state index contributed by atoms with van der Waals surface area (Å²) >= 11 is 0. The maximum atomic E-state index is 12.6. The third-order valence-corrected chi connectivity index (χ3v) is 4.20. The lowest BCUT2D eigenvalue weighted by Crippen LogP contribution is -2.37. The summed E-state index contributed by atoms with van der Waals surface area (Å²) in [5.74, 6) is -0.0553. The van der Waals surface area contributed by atoms with Crippen molar-refractivity contribution in [3.8, 4) is 5.75 Å². The van der Waals surface area contributed by atoms with Gasteiger partial charge in [-0.3, -0.25) is 19.4 Å². The molecule has 3 rings (SSSR count). The number of benzene rings is 1. The number of fused-ring (bicyclic) bond motifs is 1. The number of nitrogens with one attached hydrogen (secondary N) is 4. The number of amides is 2. The van der Waals surface area contributed by atoms with Crippen LogP contribution in [0, 0.1) is 6.92 Å². The molecule has 2 heterocycles. The van der Waals surface area contributed by atoms with Gasteiger partial charge in [0.2, 0.25) is 17.8 Å². The predicted octanol–water partition coefficient (Wildman–Crippen LogP) is 0.741. The molecule has 0 aliphatic carbocycles. The second kappa shape index (κ2) is 7.90. The number of hydrogen-bond donors (Lipinski definition) is 4. The summed E-state index contributed by atoms with van der Waals surface area (Å²) in [6.07, 6.45) is 0.0756. The second-order valence-electron chi connectivity index (χ2n) is 6.21. The van der Waals surface area contributed by atoms with Crippen LogP contribution >= 0.6 is 0 Å². The molecule has 142 valence electrons. The van der Waals surface area contributed by atoms with Crippen LogP contribution in [0.25, 0.3) is 0 Å². The van der Waals surface area contributed by atoms with Crippen LogP contribution in [-0.2, 0) is 9.59 Å². The summed E-state index contributed by atoms with van der Waals surface area (Å²) in [5.41, 5.74) is 1.70. The maximum Gasteiger partial charge on any atom is 0.252 e. The molecule has 0 fully saturated rings. The molecule has 1 atom stereocenters. The molecule has 2 aromatic rings. The van der Waals surface area contributed by atoms with Gasteiger partial charge < -0.3 is 20.7 Å². The van der Waals surface area contributed by atoms with Crippen LogP contribution in [0.1, 0.15) is 23.6 Å².